The van der Waals surface area contributed by atoms with Crippen molar-refractivity contribution in [2.24, 2.45) is 11.7 Å². The highest BCUT2D eigenvalue weighted by molar-refractivity contribution is 6.22. The first-order chi connectivity index (χ1) is 8.54. The fourth-order valence-electron chi connectivity index (χ4n) is 2.55. The molecule has 0 spiro atoms. The zero-order valence-corrected chi connectivity index (χ0v) is 11.7. The van der Waals surface area contributed by atoms with Gasteiger partial charge in [0, 0.05) is 0 Å². The van der Waals surface area contributed by atoms with Crippen molar-refractivity contribution in [1.29, 1.82) is 0 Å². The van der Waals surface area contributed by atoms with Crippen molar-refractivity contribution >= 4 is 11.6 Å². The first-order valence-corrected chi connectivity index (χ1v) is 7.02. The van der Waals surface area contributed by atoms with Gasteiger partial charge in [-0.3, -0.25) is 0 Å². The van der Waals surface area contributed by atoms with E-state index in [1.165, 1.54) is 5.57 Å². The van der Waals surface area contributed by atoms with Gasteiger partial charge in [0.15, 0.2) is 5.88 Å². The topological polar surface area (TPSA) is 44.5 Å². The third kappa shape index (κ3) is 3.66. The summed E-state index contributed by atoms with van der Waals surface area (Å²) in [4.78, 5) is 0. The average Bonchev–Trinajstić information content (AvgIpc) is 2.23. The van der Waals surface area contributed by atoms with E-state index < -0.39 is 0 Å². The number of ether oxygens (including phenoxy) is 2. The van der Waals surface area contributed by atoms with Gasteiger partial charge in [0.1, 0.15) is 6.10 Å². The second kappa shape index (κ2) is 5.98. The SMILES string of the molecule is C=C(N)O[C@H]1C[C@@H](COC2CCC(C)=CC2Cl)C1. The Labute approximate surface area is 114 Å². The Morgan fingerprint density at radius 3 is 2.89 bits per heavy atom. The Kier molecular flexibility index (Phi) is 4.57. The van der Waals surface area contributed by atoms with Crippen molar-refractivity contribution in [1.82, 2.24) is 0 Å². The molecule has 4 heteroatoms. The second-order valence-corrected chi connectivity index (χ2v) is 5.92. The number of nitrogens with two attached hydrogens (primary N) is 1. The fourth-order valence-corrected chi connectivity index (χ4v) is 2.96. The molecule has 2 aliphatic rings. The summed E-state index contributed by atoms with van der Waals surface area (Å²) < 4.78 is 11.3. The molecule has 1 fully saturated rings. The van der Waals surface area contributed by atoms with Gasteiger partial charge >= 0.3 is 0 Å². The third-order valence-corrected chi connectivity index (χ3v) is 4.09. The van der Waals surface area contributed by atoms with E-state index in [2.05, 4.69) is 19.6 Å². The highest BCUT2D eigenvalue weighted by Gasteiger charge is 2.32. The van der Waals surface area contributed by atoms with Crippen LogP contribution in [-0.2, 0) is 9.47 Å². The summed E-state index contributed by atoms with van der Waals surface area (Å²) in [6, 6.07) is 0. The summed E-state index contributed by atoms with van der Waals surface area (Å²) in [7, 11) is 0. The molecule has 1 saturated carbocycles. The van der Waals surface area contributed by atoms with E-state index in [1.807, 2.05) is 0 Å². The van der Waals surface area contributed by atoms with Crippen LogP contribution in [0.4, 0.5) is 0 Å². The van der Waals surface area contributed by atoms with Gasteiger partial charge in [0.25, 0.3) is 0 Å². The zero-order chi connectivity index (χ0) is 13.1. The van der Waals surface area contributed by atoms with E-state index in [0.717, 1.165) is 32.3 Å². The predicted molar refractivity (Wildman–Crippen MR) is 73.3 cm³/mol. The minimum absolute atomic E-state index is 0.0229. The van der Waals surface area contributed by atoms with Gasteiger partial charge in [-0.25, -0.2) is 0 Å². The van der Waals surface area contributed by atoms with E-state index in [-0.39, 0.29) is 17.6 Å². The molecule has 0 amide bonds. The monoisotopic (exact) mass is 271 g/mol. The van der Waals surface area contributed by atoms with Crippen LogP contribution in [0.25, 0.3) is 0 Å². The molecule has 0 heterocycles. The van der Waals surface area contributed by atoms with Gasteiger partial charge in [-0.15, -0.1) is 11.6 Å². The molecule has 3 nitrogen and oxygen atoms in total. The molecule has 2 aliphatic carbocycles. The summed E-state index contributed by atoms with van der Waals surface area (Å²) in [5, 5.41) is 0.0229. The molecule has 0 saturated heterocycles. The van der Waals surface area contributed by atoms with Crippen LogP contribution in [0, 0.1) is 5.92 Å². The lowest BCUT2D eigenvalue weighted by molar-refractivity contribution is -0.0495. The lowest BCUT2D eigenvalue weighted by Gasteiger charge is -2.36. The number of alkyl halides is 1. The van der Waals surface area contributed by atoms with E-state index in [9.17, 15) is 0 Å². The molecule has 0 radical (unpaired) electrons. The first kappa shape index (κ1) is 13.8. The standard InChI is InChI=1S/C14H22ClNO2/c1-9-3-4-14(13(15)5-9)17-8-11-6-12(7-11)18-10(2)16/h5,11-14H,2-4,6-8,16H2,1H3/t11-,12+,13?,14?. The number of hydrogen-bond donors (Lipinski definition) is 1. The van der Waals surface area contributed by atoms with E-state index in [4.69, 9.17) is 26.8 Å². The zero-order valence-electron chi connectivity index (χ0n) is 10.9. The Bertz CT molecular complexity index is 337. The Balaban J connectivity index is 1.64. The summed E-state index contributed by atoms with van der Waals surface area (Å²) in [6.45, 7) is 6.44. The number of rotatable bonds is 5. The third-order valence-electron chi connectivity index (χ3n) is 3.68. The van der Waals surface area contributed by atoms with Crippen LogP contribution in [0.15, 0.2) is 24.1 Å². The lowest BCUT2D eigenvalue weighted by Crippen LogP contribution is -2.37. The summed E-state index contributed by atoms with van der Waals surface area (Å²) in [5.41, 5.74) is 6.77. The van der Waals surface area contributed by atoms with Crippen molar-refractivity contribution in [3.8, 4) is 0 Å². The Hall–Kier alpha value is -0.670. The fraction of sp³-hybridized carbons (Fsp3) is 0.714. The van der Waals surface area contributed by atoms with Gasteiger partial charge in [-0.1, -0.05) is 11.6 Å². The molecule has 0 aliphatic heterocycles. The Morgan fingerprint density at radius 1 is 1.56 bits per heavy atom. The van der Waals surface area contributed by atoms with Crippen LogP contribution in [0.3, 0.4) is 0 Å². The molecule has 0 aromatic carbocycles. The molecule has 0 aromatic heterocycles. The molecular formula is C14H22ClNO2. The summed E-state index contributed by atoms with van der Waals surface area (Å²) >= 11 is 6.27. The van der Waals surface area contributed by atoms with Crippen LogP contribution < -0.4 is 5.73 Å². The van der Waals surface area contributed by atoms with Crippen LogP contribution in [-0.4, -0.2) is 24.2 Å². The van der Waals surface area contributed by atoms with Gasteiger partial charge in [-0.05, 0) is 45.1 Å². The van der Waals surface area contributed by atoms with Crippen molar-refractivity contribution in [3.05, 3.63) is 24.1 Å². The average molecular weight is 272 g/mol. The summed E-state index contributed by atoms with van der Waals surface area (Å²) in [6.07, 6.45) is 6.65. The minimum Gasteiger partial charge on any atom is -0.477 e. The molecule has 2 atom stereocenters. The maximum atomic E-state index is 6.27. The number of halogens is 1. The van der Waals surface area contributed by atoms with Gasteiger partial charge in [-0.2, -0.15) is 0 Å². The Morgan fingerprint density at radius 2 is 2.28 bits per heavy atom. The lowest BCUT2D eigenvalue weighted by atomic mass is 9.83. The summed E-state index contributed by atoms with van der Waals surface area (Å²) in [5.74, 6) is 0.887. The molecule has 2 rings (SSSR count). The van der Waals surface area contributed by atoms with Crippen LogP contribution >= 0.6 is 11.6 Å². The number of hydrogen-bond acceptors (Lipinski definition) is 3. The van der Waals surface area contributed by atoms with Gasteiger partial charge < -0.3 is 15.2 Å². The predicted octanol–water partition coefficient (Wildman–Crippen LogP) is 2.94. The van der Waals surface area contributed by atoms with Gasteiger partial charge in [0.05, 0.1) is 18.1 Å². The van der Waals surface area contributed by atoms with Crippen LogP contribution in [0.5, 0.6) is 0 Å². The molecule has 102 valence electrons. The maximum absolute atomic E-state index is 6.27. The van der Waals surface area contributed by atoms with Crippen molar-refractivity contribution in [3.63, 3.8) is 0 Å². The normalized spacial score (nSPS) is 35.6. The highest BCUT2D eigenvalue weighted by atomic mass is 35.5. The molecule has 18 heavy (non-hydrogen) atoms. The first-order valence-electron chi connectivity index (χ1n) is 6.58. The molecule has 0 aromatic rings. The van der Waals surface area contributed by atoms with Crippen LogP contribution in [0.2, 0.25) is 0 Å². The molecular weight excluding hydrogens is 250 g/mol. The minimum atomic E-state index is 0.0229. The van der Waals surface area contributed by atoms with Gasteiger partial charge in [0.2, 0.25) is 0 Å². The highest BCUT2D eigenvalue weighted by Crippen LogP contribution is 2.32. The van der Waals surface area contributed by atoms with Crippen molar-refractivity contribution in [2.45, 2.75) is 50.2 Å². The molecule has 0 bridgehead atoms. The number of allylic oxidation sites excluding steroid dienone is 1. The van der Waals surface area contributed by atoms with Crippen LogP contribution in [0.1, 0.15) is 32.6 Å². The molecule has 2 N–H and O–H groups in total. The van der Waals surface area contributed by atoms with E-state index in [0.29, 0.717) is 11.8 Å². The van der Waals surface area contributed by atoms with Crippen molar-refractivity contribution in [2.75, 3.05) is 6.61 Å². The second-order valence-electron chi connectivity index (χ2n) is 5.41. The largest absolute Gasteiger partial charge is 0.477 e. The van der Waals surface area contributed by atoms with E-state index >= 15 is 0 Å². The maximum Gasteiger partial charge on any atom is 0.176 e. The quantitative estimate of drug-likeness (QED) is 0.475. The smallest absolute Gasteiger partial charge is 0.176 e. The molecule has 2 unspecified atom stereocenters. The van der Waals surface area contributed by atoms with E-state index in [1.54, 1.807) is 0 Å². The van der Waals surface area contributed by atoms with Crippen molar-refractivity contribution < 1.29 is 9.47 Å².